The van der Waals surface area contributed by atoms with Crippen molar-refractivity contribution in [2.24, 2.45) is 0 Å². The maximum Gasteiger partial charge on any atom is 0.181 e. The van der Waals surface area contributed by atoms with Crippen LogP contribution >= 0.6 is 11.7 Å². The molecule has 6 aromatic carbocycles. The summed E-state index contributed by atoms with van der Waals surface area (Å²) in [4.78, 5) is 0. The smallest absolute Gasteiger partial charge is 0.181 e. The van der Waals surface area contributed by atoms with Crippen LogP contribution in [-0.4, -0.2) is 23.0 Å². The first kappa shape index (κ1) is 30.6. The zero-order chi connectivity index (χ0) is 34.9. The van der Waals surface area contributed by atoms with E-state index in [4.69, 9.17) is 27.1 Å². The molecular weight excluding hydrogens is 665 g/mol. The fourth-order valence-electron chi connectivity index (χ4n) is 7.83. The lowest BCUT2D eigenvalue weighted by atomic mass is 9.86. The molecule has 0 spiro atoms. The highest BCUT2D eigenvalue weighted by atomic mass is 32.1. The monoisotopic (exact) mass is 696 g/mol. The van der Waals surface area contributed by atoms with Gasteiger partial charge in [-0.3, -0.25) is 0 Å². The van der Waals surface area contributed by atoms with Crippen LogP contribution in [0.25, 0.3) is 89.0 Å². The molecule has 13 heterocycles. The molecule has 7 heteroatoms. The number of hydrogen-bond acceptors (Lipinski definition) is 7. The Balaban J connectivity index is 1.16. The van der Waals surface area contributed by atoms with Crippen molar-refractivity contribution in [2.45, 2.75) is 19.3 Å². The average molecular weight is 697 g/mol. The van der Waals surface area contributed by atoms with Crippen LogP contribution in [0.15, 0.2) is 130 Å². The number of rotatable bonds is 3. The minimum absolute atomic E-state index is 0.199. The Kier molecular flexibility index (Phi) is 7.05. The molecule has 0 radical (unpaired) electrons. The molecule has 3 aromatic heterocycles. The maximum absolute atomic E-state index is 6.52. The fourth-order valence-corrected chi connectivity index (χ4v) is 8.41. The van der Waals surface area contributed by atoms with Crippen LogP contribution in [-0.2, 0) is 0 Å². The highest BCUT2D eigenvalue weighted by Gasteiger charge is 2.25. The molecule has 0 aliphatic carbocycles. The molecule has 252 valence electrons. The molecule has 1 unspecified atom stereocenters. The standard InChI is InChI=1S/C45H32N2O4S/c1-4-33-29-13-5-25(6-14-29)27-9-17-31(18-10-27)38-23-36-42(48-2)45-37(43(49-3)44(36)50-38)24-39(51-45)32-19-11-28(12-20-32)26-7-15-30(16-8-26)34-21-22-35(33)41-40(34)46-52-47-41/h5-24,33H,4H2,1-3H3. The maximum atomic E-state index is 6.52. The average Bonchev–Trinajstić information content (AvgIpc) is 3.97. The summed E-state index contributed by atoms with van der Waals surface area (Å²) < 4.78 is 34.6. The normalized spacial score (nSPS) is 13.6. The third-order valence-electron chi connectivity index (χ3n) is 10.5. The van der Waals surface area contributed by atoms with Crippen molar-refractivity contribution in [2.75, 3.05) is 14.2 Å². The molecule has 52 heavy (non-hydrogen) atoms. The zero-order valence-corrected chi connectivity index (χ0v) is 29.6. The van der Waals surface area contributed by atoms with Crippen molar-refractivity contribution in [1.29, 1.82) is 0 Å². The molecule has 10 aliphatic rings. The molecule has 9 aromatic rings. The number of benzene rings is 6. The predicted molar refractivity (Wildman–Crippen MR) is 209 cm³/mol. The van der Waals surface area contributed by atoms with Gasteiger partial charge >= 0.3 is 0 Å². The Morgan fingerprint density at radius 1 is 0.538 bits per heavy atom. The Morgan fingerprint density at radius 2 is 0.981 bits per heavy atom. The third kappa shape index (κ3) is 4.69. The van der Waals surface area contributed by atoms with Gasteiger partial charge in [0.15, 0.2) is 22.7 Å². The van der Waals surface area contributed by atoms with Gasteiger partial charge in [0.05, 0.1) is 36.7 Å². The molecule has 0 saturated carbocycles. The summed E-state index contributed by atoms with van der Waals surface area (Å²) in [5.41, 5.74) is 14.3. The van der Waals surface area contributed by atoms with Crippen LogP contribution in [0.5, 0.6) is 11.5 Å². The third-order valence-corrected chi connectivity index (χ3v) is 11.0. The fraction of sp³-hybridized carbons (Fsp3) is 0.111. The Morgan fingerprint density at radius 3 is 1.46 bits per heavy atom. The lowest BCUT2D eigenvalue weighted by Crippen LogP contribution is -2.01. The van der Waals surface area contributed by atoms with Crippen LogP contribution in [0.3, 0.4) is 0 Å². The van der Waals surface area contributed by atoms with Crippen molar-refractivity contribution in [3.8, 4) is 67.5 Å². The summed E-state index contributed by atoms with van der Waals surface area (Å²) in [6, 6.07) is 42.9. The van der Waals surface area contributed by atoms with Gasteiger partial charge in [-0.1, -0.05) is 116 Å². The molecule has 19 rings (SSSR count). The molecule has 6 nitrogen and oxygen atoms in total. The van der Waals surface area contributed by atoms with Crippen LogP contribution in [0, 0.1) is 0 Å². The summed E-state index contributed by atoms with van der Waals surface area (Å²) in [6.45, 7) is 2.24. The van der Waals surface area contributed by atoms with Crippen molar-refractivity contribution >= 4 is 44.7 Å². The summed E-state index contributed by atoms with van der Waals surface area (Å²) in [6.07, 6.45) is 0.951. The highest BCUT2D eigenvalue weighted by Crippen LogP contribution is 2.48. The van der Waals surface area contributed by atoms with Gasteiger partial charge in [0.25, 0.3) is 0 Å². The SMILES string of the molecule is CCC1c2ccc(cc2)-c2ccc(cc2)-c2cc3c(OC)c4oc(cc4c(OC)c3o2)-c2ccc(cc2)-c2ccc(cc2)-c2ccc1c1nsnc21. The Hall–Kier alpha value is -6.18. The van der Waals surface area contributed by atoms with E-state index >= 15 is 0 Å². The number of hydrogen-bond donors (Lipinski definition) is 0. The van der Waals surface area contributed by atoms with Crippen molar-refractivity contribution < 1.29 is 18.3 Å². The first-order valence-corrected chi connectivity index (χ1v) is 18.1. The first-order chi connectivity index (χ1) is 25.6. The molecule has 0 amide bonds. The highest BCUT2D eigenvalue weighted by molar-refractivity contribution is 7.00. The van der Waals surface area contributed by atoms with Crippen LogP contribution in [0.1, 0.15) is 30.4 Å². The number of nitrogens with zero attached hydrogens (tertiary/aromatic N) is 2. The molecule has 16 bridgehead atoms. The van der Waals surface area contributed by atoms with E-state index in [1.54, 1.807) is 14.2 Å². The van der Waals surface area contributed by atoms with E-state index in [1.165, 1.54) is 22.9 Å². The van der Waals surface area contributed by atoms with Gasteiger partial charge in [0, 0.05) is 22.6 Å². The Labute approximate surface area is 304 Å². The Bertz CT molecular complexity index is 2720. The lowest BCUT2D eigenvalue weighted by molar-refractivity contribution is 0.406. The lowest BCUT2D eigenvalue weighted by Gasteiger charge is -2.18. The molecule has 0 fully saturated rings. The second kappa shape index (κ2) is 12.0. The van der Waals surface area contributed by atoms with E-state index in [0.29, 0.717) is 28.4 Å². The number of methoxy groups -OCH3 is 2. The van der Waals surface area contributed by atoms with E-state index in [1.807, 2.05) is 12.1 Å². The topological polar surface area (TPSA) is 70.5 Å². The van der Waals surface area contributed by atoms with Crippen LogP contribution in [0.4, 0.5) is 0 Å². The minimum Gasteiger partial charge on any atom is -0.492 e. The van der Waals surface area contributed by atoms with E-state index in [0.717, 1.165) is 78.5 Å². The second-order valence-corrected chi connectivity index (χ2v) is 13.8. The quantitative estimate of drug-likeness (QED) is 0.183. The van der Waals surface area contributed by atoms with E-state index < -0.39 is 0 Å². The summed E-state index contributed by atoms with van der Waals surface area (Å²) >= 11 is 1.28. The van der Waals surface area contributed by atoms with E-state index in [9.17, 15) is 0 Å². The van der Waals surface area contributed by atoms with Crippen molar-refractivity contribution in [1.82, 2.24) is 8.75 Å². The van der Waals surface area contributed by atoms with Gasteiger partial charge < -0.3 is 18.3 Å². The summed E-state index contributed by atoms with van der Waals surface area (Å²) in [5, 5.41) is 1.58. The van der Waals surface area contributed by atoms with Crippen LogP contribution in [0.2, 0.25) is 0 Å². The largest absolute Gasteiger partial charge is 0.492 e. The number of aromatic nitrogens is 2. The zero-order valence-electron chi connectivity index (χ0n) is 28.8. The van der Waals surface area contributed by atoms with Gasteiger partial charge in [-0.2, -0.15) is 8.75 Å². The van der Waals surface area contributed by atoms with Gasteiger partial charge in [0.2, 0.25) is 0 Å². The van der Waals surface area contributed by atoms with Gasteiger partial charge in [-0.15, -0.1) is 0 Å². The van der Waals surface area contributed by atoms with Crippen LogP contribution < -0.4 is 9.47 Å². The molecule has 0 N–H and O–H groups in total. The van der Waals surface area contributed by atoms with Crippen molar-refractivity contribution in [3.63, 3.8) is 0 Å². The molecule has 1 atom stereocenters. The molecule has 0 saturated heterocycles. The number of ether oxygens (including phenoxy) is 2. The summed E-state index contributed by atoms with van der Waals surface area (Å²) in [7, 11) is 3.32. The van der Waals surface area contributed by atoms with E-state index in [-0.39, 0.29) is 5.92 Å². The van der Waals surface area contributed by atoms with Gasteiger partial charge in [0.1, 0.15) is 22.6 Å². The van der Waals surface area contributed by atoms with Gasteiger partial charge in [-0.05, 0) is 57.5 Å². The second-order valence-electron chi connectivity index (χ2n) is 13.3. The molecule has 10 aliphatic heterocycles. The van der Waals surface area contributed by atoms with Gasteiger partial charge in [-0.25, -0.2) is 0 Å². The summed E-state index contributed by atoms with van der Waals surface area (Å²) in [5.74, 6) is 2.86. The first-order valence-electron chi connectivity index (χ1n) is 17.4. The predicted octanol–water partition coefficient (Wildman–Crippen LogP) is 12.4. The van der Waals surface area contributed by atoms with Crippen molar-refractivity contribution in [3.05, 3.63) is 132 Å². The van der Waals surface area contributed by atoms with E-state index in [2.05, 4.69) is 116 Å². The number of furan rings is 2. The molecular formula is C45H32N2O4S. The minimum atomic E-state index is 0.199.